The van der Waals surface area contributed by atoms with Gasteiger partial charge in [0.25, 0.3) is 0 Å². The molecule has 1 aliphatic carbocycles. The predicted molar refractivity (Wildman–Crippen MR) is 85.1 cm³/mol. The Bertz CT molecular complexity index is 262. The lowest BCUT2D eigenvalue weighted by Crippen LogP contribution is -2.49. The van der Waals surface area contributed by atoms with Gasteiger partial charge in [-0.25, -0.2) is 0 Å². The van der Waals surface area contributed by atoms with E-state index in [1.54, 1.807) is 0 Å². The van der Waals surface area contributed by atoms with Crippen molar-refractivity contribution < 1.29 is 4.74 Å². The first-order chi connectivity index (χ1) is 9.78. The van der Waals surface area contributed by atoms with Gasteiger partial charge in [-0.05, 0) is 51.1 Å². The van der Waals surface area contributed by atoms with Gasteiger partial charge in [0, 0.05) is 26.2 Å². The highest BCUT2D eigenvalue weighted by Gasteiger charge is 2.34. The Labute approximate surface area is 125 Å². The van der Waals surface area contributed by atoms with E-state index in [0.29, 0.717) is 11.5 Å². The first-order valence-corrected chi connectivity index (χ1v) is 8.83. The van der Waals surface area contributed by atoms with Crippen LogP contribution in [0.1, 0.15) is 58.8 Å². The summed E-state index contributed by atoms with van der Waals surface area (Å²) in [5.41, 5.74) is 0.530. The average Bonchev–Trinajstić information content (AvgIpc) is 2.47. The van der Waals surface area contributed by atoms with E-state index in [1.807, 2.05) is 0 Å². The van der Waals surface area contributed by atoms with E-state index in [1.165, 1.54) is 64.6 Å². The van der Waals surface area contributed by atoms with E-state index in [9.17, 15) is 0 Å². The molecule has 1 atom stereocenters. The molecule has 1 saturated carbocycles. The fraction of sp³-hybridized carbons (Fsp3) is 1.00. The van der Waals surface area contributed by atoms with Crippen LogP contribution in [-0.2, 0) is 4.74 Å². The van der Waals surface area contributed by atoms with Crippen molar-refractivity contribution in [3.05, 3.63) is 0 Å². The Balaban J connectivity index is 1.89. The van der Waals surface area contributed by atoms with Crippen LogP contribution in [0, 0.1) is 5.41 Å². The van der Waals surface area contributed by atoms with E-state index in [2.05, 4.69) is 24.1 Å². The molecule has 20 heavy (non-hydrogen) atoms. The summed E-state index contributed by atoms with van der Waals surface area (Å²) in [6.07, 6.45) is 10.2. The highest BCUT2D eigenvalue weighted by molar-refractivity contribution is 4.89. The van der Waals surface area contributed by atoms with Crippen molar-refractivity contribution in [1.29, 1.82) is 0 Å². The van der Waals surface area contributed by atoms with Gasteiger partial charge in [0.2, 0.25) is 0 Å². The maximum Gasteiger partial charge on any atom is 0.0702 e. The zero-order valence-electron chi connectivity index (χ0n) is 13.6. The van der Waals surface area contributed by atoms with Gasteiger partial charge in [-0.3, -0.25) is 0 Å². The molecule has 1 heterocycles. The smallest absolute Gasteiger partial charge is 0.0702 e. The molecule has 0 radical (unpaired) electrons. The minimum atomic E-state index is 0.480. The highest BCUT2D eigenvalue weighted by atomic mass is 16.5. The van der Waals surface area contributed by atoms with Crippen LogP contribution < -0.4 is 5.32 Å². The molecule has 1 saturated heterocycles. The Kier molecular flexibility index (Phi) is 6.79. The van der Waals surface area contributed by atoms with Crippen LogP contribution in [0.25, 0.3) is 0 Å². The largest absolute Gasteiger partial charge is 0.377 e. The molecular formula is C17H34N2O. The van der Waals surface area contributed by atoms with E-state index in [-0.39, 0.29) is 0 Å². The van der Waals surface area contributed by atoms with Crippen LogP contribution in [0.5, 0.6) is 0 Å². The Morgan fingerprint density at radius 2 is 1.95 bits per heavy atom. The lowest BCUT2D eigenvalue weighted by Gasteiger charge is -2.43. The second-order valence-electron chi connectivity index (χ2n) is 6.80. The lowest BCUT2D eigenvalue weighted by atomic mass is 9.73. The standard InChI is InChI=1S/C17H34N2O/c1-3-18-14-17(10-6-5-7-11-17)15-19-12-8-9-16(13-19)20-4-2/h16,18H,3-15H2,1-2H3. The summed E-state index contributed by atoms with van der Waals surface area (Å²) in [6, 6.07) is 0. The van der Waals surface area contributed by atoms with Gasteiger partial charge in [-0.1, -0.05) is 26.2 Å². The molecular weight excluding hydrogens is 248 g/mol. The molecule has 0 bridgehead atoms. The molecule has 0 aromatic heterocycles. The minimum absolute atomic E-state index is 0.480. The van der Waals surface area contributed by atoms with E-state index >= 15 is 0 Å². The number of nitrogens with zero attached hydrogens (tertiary/aromatic N) is 1. The summed E-state index contributed by atoms with van der Waals surface area (Å²) in [5.74, 6) is 0. The number of ether oxygens (including phenoxy) is 1. The maximum absolute atomic E-state index is 5.86. The van der Waals surface area contributed by atoms with Crippen LogP contribution in [0.3, 0.4) is 0 Å². The topological polar surface area (TPSA) is 24.5 Å². The van der Waals surface area contributed by atoms with Gasteiger partial charge in [-0.15, -0.1) is 0 Å². The molecule has 1 N–H and O–H groups in total. The fourth-order valence-electron chi connectivity index (χ4n) is 4.09. The second kappa shape index (κ2) is 8.35. The van der Waals surface area contributed by atoms with Crippen molar-refractivity contribution >= 4 is 0 Å². The first kappa shape index (κ1) is 16.3. The van der Waals surface area contributed by atoms with Gasteiger partial charge >= 0.3 is 0 Å². The normalized spacial score (nSPS) is 27.6. The Hall–Kier alpha value is -0.120. The van der Waals surface area contributed by atoms with Crippen molar-refractivity contribution in [2.75, 3.05) is 39.3 Å². The maximum atomic E-state index is 5.86. The SMILES string of the molecule is CCNCC1(CN2CCCC(OCC)C2)CCCCC1. The van der Waals surface area contributed by atoms with Crippen LogP contribution in [0.2, 0.25) is 0 Å². The summed E-state index contributed by atoms with van der Waals surface area (Å²) in [5, 5.41) is 3.63. The summed E-state index contributed by atoms with van der Waals surface area (Å²) in [4.78, 5) is 2.69. The van der Waals surface area contributed by atoms with Crippen molar-refractivity contribution in [1.82, 2.24) is 10.2 Å². The first-order valence-electron chi connectivity index (χ1n) is 8.83. The van der Waals surface area contributed by atoms with Crippen molar-refractivity contribution in [3.8, 4) is 0 Å². The molecule has 2 rings (SSSR count). The number of piperidine rings is 1. The number of hydrogen-bond acceptors (Lipinski definition) is 3. The molecule has 0 aromatic rings. The predicted octanol–water partition coefficient (Wildman–Crippen LogP) is 3.05. The number of likely N-dealkylation sites (tertiary alicyclic amines) is 1. The second-order valence-corrected chi connectivity index (χ2v) is 6.80. The van der Waals surface area contributed by atoms with Crippen molar-refractivity contribution in [2.24, 2.45) is 5.41 Å². The van der Waals surface area contributed by atoms with Crippen molar-refractivity contribution in [2.45, 2.75) is 64.9 Å². The summed E-state index contributed by atoms with van der Waals surface area (Å²) >= 11 is 0. The molecule has 0 aromatic carbocycles. The third-order valence-electron chi connectivity index (χ3n) is 5.09. The van der Waals surface area contributed by atoms with E-state index < -0.39 is 0 Å². The molecule has 1 aliphatic heterocycles. The highest BCUT2D eigenvalue weighted by Crippen LogP contribution is 2.37. The van der Waals surface area contributed by atoms with Crippen molar-refractivity contribution in [3.63, 3.8) is 0 Å². The number of rotatable bonds is 7. The average molecular weight is 282 g/mol. The summed E-state index contributed by atoms with van der Waals surface area (Å²) in [7, 11) is 0. The lowest BCUT2D eigenvalue weighted by molar-refractivity contribution is -0.0117. The van der Waals surface area contributed by atoms with Crippen LogP contribution in [-0.4, -0.2) is 50.3 Å². The molecule has 3 heteroatoms. The van der Waals surface area contributed by atoms with E-state index in [4.69, 9.17) is 4.74 Å². The minimum Gasteiger partial charge on any atom is -0.377 e. The number of hydrogen-bond donors (Lipinski definition) is 1. The molecule has 2 fully saturated rings. The molecule has 0 amide bonds. The third-order valence-corrected chi connectivity index (χ3v) is 5.09. The fourth-order valence-corrected chi connectivity index (χ4v) is 4.09. The zero-order valence-corrected chi connectivity index (χ0v) is 13.6. The Morgan fingerprint density at radius 1 is 1.15 bits per heavy atom. The molecule has 2 aliphatic rings. The molecule has 118 valence electrons. The van der Waals surface area contributed by atoms with Gasteiger partial charge in [-0.2, -0.15) is 0 Å². The Morgan fingerprint density at radius 3 is 2.65 bits per heavy atom. The molecule has 1 unspecified atom stereocenters. The third kappa shape index (κ3) is 4.71. The monoisotopic (exact) mass is 282 g/mol. The van der Waals surface area contributed by atoms with Gasteiger partial charge in [0.05, 0.1) is 6.10 Å². The van der Waals surface area contributed by atoms with Gasteiger partial charge in [0.1, 0.15) is 0 Å². The molecule has 3 nitrogen and oxygen atoms in total. The quantitative estimate of drug-likeness (QED) is 0.777. The summed E-state index contributed by atoms with van der Waals surface area (Å²) < 4.78 is 5.86. The van der Waals surface area contributed by atoms with Gasteiger partial charge in [0.15, 0.2) is 0 Å². The van der Waals surface area contributed by atoms with Crippen LogP contribution in [0.4, 0.5) is 0 Å². The van der Waals surface area contributed by atoms with Gasteiger partial charge < -0.3 is 15.0 Å². The van der Waals surface area contributed by atoms with Crippen LogP contribution in [0.15, 0.2) is 0 Å². The summed E-state index contributed by atoms with van der Waals surface area (Å²) in [6.45, 7) is 11.2. The van der Waals surface area contributed by atoms with Crippen LogP contribution >= 0.6 is 0 Å². The molecule has 0 spiro atoms. The zero-order chi connectivity index (χ0) is 14.3. The number of nitrogens with one attached hydrogen (secondary N) is 1. The van der Waals surface area contributed by atoms with E-state index in [0.717, 1.165) is 19.7 Å².